The van der Waals surface area contributed by atoms with Crippen LogP contribution in [-0.4, -0.2) is 75.1 Å². The second kappa shape index (κ2) is 18.0. The Labute approximate surface area is 319 Å². The lowest BCUT2D eigenvalue weighted by molar-refractivity contribution is -0.137. The van der Waals surface area contributed by atoms with Crippen LogP contribution in [0, 0.1) is 0 Å². The molecule has 0 radical (unpaired) electrons. The normalized spacial score (nSPS) is 11.5. The van der Waals surface area contributed by atoms with E-state index in [1.54, 1.807) is 126 Å². The van der Waals surface area contributed by atoms with Gasteiger partial charge >= 0.3 is 30.4 Å². The summed E-state index contributed by atoms with van der Waals surface area (Å²) >= 11 is 0. The number of carbonyl (C=O) groups excluding carboxylic acids is 4. The van der Waals surface area contributed by atoms with Crippen LogP contribution in [0.1, 0.15) is 22.8 Å². The van der Waals surface area contributed by atoms with Crippen LogP contribution in [0.2, 0.25) is 0 Å². The lowest BCUT2D eigenvalue weighted by Crippen LogP contribution is -2.36. The zero-order valence-corrected chi connectivity index (χ0v) is 29.7. The van der Waals surface area contributed by atoms with Crippen LogP contribution >= 0.6 is 0 Å². The molecule has 0 saturated carbocycles. The summed E-state index contributed by atoms with van der Waals surface area (Å²) < 4.78 is 81.5. The molecular weight excluding hydrogens is 762 g/mol. The Bertz CT molecular complexity index is 2420. The first-order valence-electron chi connectivity index (χ1n) is 16.8. The predicted molar refractivity (Wildman–Crippen MR) is 198 cm³/mol. The summed E-state index contributed by atoms with van der Waals surface area (Å²) in [5.74, 6) is -0.435. The number of alkyl halides is 6. The summed E-state index contributed by atoms with van der Waals surface area (Å²) in [6, 6.07) is 18.2. The van der Waals surface area contributed by atoms with Crippen molar-refractivity contribution < 1.29 is 50.3 Å². The predicted octanol–water partition coefficient (Wildman–Crippen LogP) is 7.76. The standard InChI is InChI=1S/C21H19F3N4O3.C17H13F3N4O2/c1-2-31-19(29)7-6-14-8-9-28-17(12-25-18(28)10-14)15-4-3-5-16(11-15)27-20(30)26-13-21(22,23)24;18-17(19,20)10-22-16(26)23-13-3-1-2-12(7-13)14-8-21-15-6-11(9-25)4-5-24(14)15/h3-12H,2,13H2,1H3,(H2,26,27,30);1-9H,10H2,(H2,22,23,26)/b7-6+;. The molecule has 0 bridgehead atoms. The molecule has 2 aromatic carbocycles. The zero-order valence-electron chi connectivity index (χ0n) is 29.7. The summed E-state index contributed by atoms with van der Waals surface area (Å²) in [5.41, 5.74) is 5.95. The number of carbonyl (C=O) groups is 4. The van der Waals surface area contributed by atoms with Gasteiger partial charge in [0.2, 0.25) is 0 Å². The molecule has 296 valence electrons. The Morgan fingerprint density at radius 3 is 1.63 bits per heavy atom. The Kier molecular flexibility index (Phi) is 12.9. The van der Waals surface area contributed by atoms with E-state index >= 15 is 0 Å². The van der Waals surface area contributed by atoms with E-state index < -0.39 is 43.5 Å². The molecule has 13 nitrogen and oxygen atoms in total. The smallest absolute Gasteiger partial charge is 0.405 e. The summed E-state index contributed by atoms with van der Waals surface area (Å²) in [4.78, 5) is 54.1. The van der Waals surface area contributed by atoms with Crippen LogP contribution in [0.5, 0.6) is 0 Å². The van der Waals surface area contributed by atoms with Crippen molar-refractivity contribution in [3.8, 4) is 22.5 Å². The van der Waals surface area contributed by atoms with Gasteiger partial charge in [0.25, 0.3) is 0 Å². The van der Waals surface area contributed by atoms with Gasteiger partial charge in [-0.3, -0.25) is 13.6 Å². The van der Waals surface area contributed by atoms with Crippen LogP contribution in [0.4, 0.5) is 47.3 Å². The van der Waals surface area contributed by atoms with Gasteiger partial charge in [-0.2, -0.15) is 26.3 Å². The van der Waals surface area contributed by atoms with Crippen LogP contribution < -0.4 is 21.3 Å². The average Bonchev–Trinajstić information content (AvgIpc) is 3.80. The van der Waals surface area contributed by atoms with Crippen molar-refractivity contribution in [1.29, 1.82) is 0 Å². The van der Waals surface area contributed by atoms with Crippen molar-refractivity contribution in [2.45, 2.75) is 19.3 Å². The number of aldehydes is 1. The van der Waals surface area contributed by atoms with Gasteiger partial charge in [-0.05, 0) is 67.1 Å². The highest BCUT2D eigenvalue weighted by atomic mass is 19.4. The van der Waals surface area contributed by atoms with E-state index in [1.165, 1.54) is 6.08 Å². The Hall–Kier alpha value is -7.18. The third kappa shape index (κ3) is 11.9. The molecule has 57 heavy (non-hydrogen) atoms. The second-order valence-electron chi connectivity index (χ2n) is 11.9. The van der Waals surface area contributed by atoms with Crippen LogP contribution in [0.25, 0.3) is 39.9 Å². The molecule has 4 N–H and O–H groups in total. The molecule has 0 spiro atoms. The first kappa shape index (κ1) is 41.0. The Morgan fingerprint density at radius 2 is 1.18 bits per heavy atom. The summed E-state index contributed by atoms with van der Waals surface area (Å²) in [7, 11) is 0. The molecule has 0 fully saturated rings. The van der Waals surface area contributed by atoms with Gasteiger partial charge in [0.05, 0.1) is 30.4 Å². The fourth-order valence-corrected chi connectivity index (χ4v) is 5.18. The number of amides is 4. The van der Waals surface area contributed by atoms with Gasteiger partial charge in [0.15, 0.2) is 0 Å². The highest BCUT2D eigenvalue weighted by molar-refractivity contribution is 5.91. The maximum atomic E-state index is 12.2. The molecule has 4 heterocycles. The lowest BCUT2D eigenvalue weighted by Gasteiger charge is -2.10. The highest BCUT2D eigenvalue weighted by Crippen LogP contribution is 2.26. The van der Waals surface area contributed by atoms with E-state index in [9.17, 15) is 45.5 Å². The number of fused-ring (bicyclic) bond motifs is 2. The summed E-state index contributed by atoms with van der Waals surface area (Å²) in [6.07, 6.45) is 1.42. The molecule has 6 rings (SSSR count). The number of benzene rings is 2. The molecule has 0 unspecified atom stereocenters. The number of nitrogens with one attached hydrogen (secondary N) is 4. The van der Waals surface area contributed by atoms with Gasteiger partial charge in [-0.1, -0.05) is 24.3 Å². The van der Waals surface area contributed by atoms with Crippen molar-refractivity contribution in [1.82, 2.24) is 29.4 Å². The Morgan fingerprint density at radius 1 is 0.702 bits per heavy atom. The summed E-state index contributed by atoms with van der Waals surface area (Å²) in [6.45, 7) is -0.809. The highest BCUT2D eigenvalue weighted by Gasteiger charge is 2.28. The number of urea groups is 2. The van der Waals surface area contributed by atoms with Gasteiger partial charge in [-0.25, -0.2) is 24.4 Å². The van der Waals surface area contributed by atoms with Gasteiger partial charge in [0.1, 0.15) is 30.7 Å². The van der Waals surface area contributed by atoms with E-state index in [2.05, 4.69) is 20.6 Å². The molecule has 0 aliphatic rings. The maximum Gasteiger partial charge on any atom is 0.405 e. The molecule has 0 aliphatic heterocycles. The second-order valence-corrected chi connectivity index (χ2v) is 11.9. The van der Waals surface area contributed by atoms with E-state index in [0.29, 0.717) is 51.7 Å². The molecule has 0 saturated heterocycles. The first-order valence-corrected chi connectivity index (χ1v) is 16.8. The minimum Gasteiger partial charge on any atom is -0.463 e. The molecule has 4 amide bonds. The topological polar surface area (TPSA) is 160 Å². The van der Waals surface area contributed by atoms with Gasteiger partial charge in [-0.15, -0.1) is 0 Å². The first-order chi connectivity index (χ1) is 27.1. The number of anilines is 2. The third-order valence-electron chi connectivity index (χ3n) is 7.64. The van der Waals surface area contributed by atoms with Crippen LogP contribution in [0.15, 0.2) is 104 Å². The van der Waals surface area contributed by atoms with E-state index in [-0.39, 0.29) is 0 Å². The number of rotatable bonds is 10. The lowest BCUT2D eigenvalue weighted by atomic mass is 10.1. The SMILES string of the molecule is CCOC(=O)/C=C/c1ccn2c(-c3cccc(NC(=O)NCC(F)(F)F)c3)cnc2c1.O=Cc1ccn2c(-c3cccc(NC(=O)NCC(F)(F)F)c3)cnc2c1. The molecule has 19 heteroatoms. The molecule has 0 aliphatic carbocycles. The number of hydrogen-bond acceptors (Lipinski definition) is 7. The van der Waals surface area contributed by atoms with Crippen LogP contribution in [-0.2, 0) is 9.53 Å². The van der Waals surface area contributed by atoms with Crippen molar-refractivity contribution in [2.24, 2.45) is 0 Å². The molecule has 0 atom stereocenters. The molecule has 6 aromatic rings. The summed E-state index contributed by atoms with van der Waals surface area (Å²) in [5, 5.41) is 8.24. The van der Waals surface area contributed by atoms with Crippen molar-refractivity contribution in [3.63, 3.8) is 0 Å². The number of nitrogens with zero attached hydrogens (tertiary/aromatic N) is 4. The van der Waals surface area contributed by atoms with Crippen molar-refractivity contribution in [3.05, 3.63) is 115 Å². The van der Waals surface area contributed by atoms with E-state index in [1.807, 2.05) is 4.40 Å². The minimum atomic E-state index is -4.49. The van der Waals surface area contributed by atoms with Crippen LogP contribution in [0.3, 0.4) is 0 Å². The number of ether oxygens (including phenoxy) is 1. The zero-order chi connectivity index (χ0) is 41.2. The largest absolute Gasteiger partial charge is 0.463 e. The number of aromatic nitrogens is 4. The molecular formula is C38H32F6N8O5. The average molecular weight is 795 g/mol. The number of esters is 1. The monoisotopic (exact) mass is 794 g/mol. The van der Waals surface area contributed by atoms with E-state index in [0.717, 1.165) is 17.5 Å². The number of hydrogen-bond donors (Lipinski definition) is 4. The van der Waals surface area contributed by atoms with Gasteiger partial charge in [0, 0.05) is 46.5 Å². The fourth-order valence-electron chi connectivity index (χ4n) is 5.18. The Balaban J connectivity index is 0.000000221. The quantitative estimate of drug-likeness (QED) is 0.0477. The molecule has 4 aromatic heterocycles. The fraction of sp³-hybridized carbons (Fsp3) is 0.158. The van der Waals surface area contributed by atoms with Crippen molar-refractivity contribution >= 4 is 53.1 Å². The number of pyridine rings is 2. The van der Waals surface area contributed by atoms with E-state index in [4.69, 9.17) is 4.74 Å². The number of imidazole rings is 2. The third-order valence-corrected chi connectivity index (χ3v) is 7.64. The van der Waals surface area contributed by atoms with Crippen molar-refractivity contribution in [2.75, 3.05) is 30.3 Å². The number of halogens is 6. The minimum absolute atomic E-state index is 0.295. The maximum absolute atomic E-state index is 12.2. The van der Waals surface area contributed by atoms with Gasteiger partial charge < -0.3 is 26.0 Å².